The molecule has 0 saturated carbocycles. The van der Waals surface area contributed by atoms with Crippen molar-refractivity contribution in [3.8, 4) is 11.8 Å². The van der Waals surface area contributed by atoms with Gasteiger partial charge >= 0.3 is 0 Å². The van der Waals surface area contributed by atoms with Crippen LogP contribution in [0.2, 0.25) is 0 Å². The fourth-order valence-corrected chi connectivity index (χ4v) is 3.85. The summed E-state index contributed by atoms with van der Waals surface area (Å²) >= 11 is 0. The quantitative estimate of drug-likeness (QED) is 0.819. The first-order valence-corrected chi connectivity index (χ1v) is 8.71. The molecule has 0 saturated heterocycles. The fourth-order valence-electron chi connectivity index (χ4n) is 2.10. The lowest BCUT2D eigenvalue weighted by Crippen LogP contribution is -2.33. The van der Waals surface area contributed by atoms with E-state index in [0.717, 1.165) is 18.4 Å². The Kier molecular flexibility index (Phi) is 6.90. The van der Waals surface area contributed by atoms with E-state index in [-0.39, 0.29) is 11.4 Å². The maximum absolute atomic E-state index is 12.8. The SMILES string of the molecule is CCCN(CCC)S(=O)(=O)c1ccc(C)cc1C#CCN. The monoisotopic (exact) mass is 308 g/mol. The molecule has 0 heterocycles. The van der Waals surface area contributed by atoms with Crippen LogP contribution in [0.15, 0.2) is 23.1 Å². The molecule has 1 rings (SSSR count). The van der Waals surface area contributed by atoms with E-state index >= 15 is 0 Å². The lowest BCUT2D eigenvalue weighted by atomic mass is 10.1. The molecule has 0 amide bonds. The minimum absolute atomic E-state index is 0.209. The molecule has 2 N–H and O–H groups in total. The Morgan fingerprint density at radius 1 is 1.19 bits per heavy atom. The van der Waals surface area contributed by atoms with Gasteiger partial charge in [0, 0.05) is 18.7 Å². The van der Waals surface area contributed by atoms with Crippen LogP contribution in [0.3, 0.4) is 0 Å². The second-order valence-corrected chi connectivity index (χ2v) is 6.82. The summed E-state index contributed by atoms with van der Waals surface area (Å²) in [6, 6.07) is 5.24. The van der Waals surface area contributed by atoms with Gasteiger partial charge < -0.3 is 5.73 Å². The molecule has 0 spiro atoms. The number of benzene rings is 1. The van der Waals surface area contributed by atoms with Crippen LogP contribution in [0.4, 0.5) is 0 Å². The van der Waals surface area contributed by atoms with Gasteiger partial charge in [-0.25, -0.2) is 8.42 Å². The van der Waals surface area contributed by atoms with Crippen LogP contribution in [-0.2, 0) is 10.0 Å². The van der Waals surface area contributed by atoms with Crippen molar-refractivity contribution in [3.63, 3.8) is 0 Å². The molecule has 0 aliphatic heterocycles. The zero-order valence-corrected chi connectivity index (χ0v) is 13.8. The summed E-state index contributed by atoms with van der Waals surface area (Å²) < 4.78 is 27.2. The average Bonchev–Trinajstić information content (AvgIpc) is 2.44. The smallest absolute Gasteiger partial charge is 0.244 e. The number of nitrogens with zero attached hydrogens (tertiary/aromatic N) is 1. The first-order valence-electron chi connectivity index (χ1n) is 7.27. The Morgan fingerprint density at radius 3 is 2.33 bits per heavy atom. The normalized spacial score (nSPS) is 11.3. The number of hydrogen-bond donors (Lipinski definition) is 1. The van der Waals surface area contributed by atoms with Gasteiger partial charge in [-0.05, 0) is 37.5 Å². The second-order valence-electron chi connectivity index (χ2n) is 4.91. The van der Waals surface area contributed by atoms with E-state index in [1.165, 1.54) is 4.31 Å². The number of nitrogens with two attached hydrogens (primary N) is 1. The fraction of sp³-hybridized carbons (Fsp3) is 0.500. The average molecular weight is 308 g/mol. The first-order chi connectivity index (χ1) is 9.97. The zero-order chi connectivity index (χ0) is 15.9. The molecule has 0 aromatic heterocycles. The Labute approximate surface area is 128 Å². The van der Waals surface area contributed by atoms with E-state index in [9.17, 15) is 8.42 Å². The molecule has 5 heteroatoms. The Bertz CT molecular complexity index is 621. The van der Waals surface area contributed by atoms with Crippen molar-refractivity contribution in [2.45, 2.75) is 38.5 Å². The van der Waals surface area contributed by atoms with Gasteiger partial charge in [0.2, 0.25) is 10.0 Å². The van der Waals surface area contributed by atoms with Gasteiger partial charge in [0.25, 0.3) is 0 Å². The third-order valence-corrected chi connectivity index (χ3v) is 4.98. The predicted octanol–water partition coefficient (Wildman–Crippen LogP) is 2.12. The van der Waals surface area contributed by atoms with Gasteiger partial charge in [-0.2, -0.15) is 4.31 Å². The van der Waals surface area contributed by atoms with Gasteiger partial charge in [-0.15, -0.1) is 0 Å². The van der Waals surface area contributed by atoms with E-state index in [1.54, 1.807) is 18.2 Å². The van der Waals surface area contributed by atoms with Gasteiger partial charge in [-0.1, -0.05) is 31.8 Å². The molecule has 1 aromatic rings. The van der Waals surface area contributed by atoms with Crippen molar-refractivity contribution in [2.75, 3.05) is 19.6 Å². The van der Waals surface area contributed by atoms with Crippen LogP contribution >= 0.6 is 0 Å². The molecule has 0 fully saturated rings. The molecular weight excluding hydrogens is 284 g/mol. The Morgan fingerprint density at radius 2 is 1.81 bits per heavy atom. The van der Waals surface area contributed by atoms with Gasteiger partial charge in [-0.3, -0.25) is 0 Å². The molecule has 0 atom stereocenters. The van der Waals surface area contributed by atoms with Crippen molar-refractivity contribution in [1.82, 2.24) is 4.31 Å². The van der Waals surface area contributed by atoms with Gasteiger partial charge in [0.1, 0.15) is 0 Å². The van der Waals surface area contributed by atoms with E-state index < -0.39 is 10.0 Å². The number of hydrogen-bond acceptors (Lipinski definition) is 3. The van der Waals surface area contributed by atoms with Crippen molar-refractivity contribution >= 4 is 10.0 Å². The highest BCUT2D eigenvalue weighted by Crippen LogP contribution is 2.21. The maximum Gasteiger partial charge on any atom is 0.244 e. The Hall–Kier alpha value is -1.35. The zero-order valence-electron chi connectivity index (χ0n) is 13.0. The van der Waals surface area contributed by atoms with Gasteiger partial charge in [0.15, 0.2) is 0 Å². The second kappa shape index (κ2) is 8.18. The van der Waals surface area contributed by atoms with E-state index in [2.05, 4.69) is 11.8 Å². The van der Waals surface area contributed by atoms with Crippen molar-refractivity contribution in [2.24, 2.45) is 5.73 Å². The highest BCUT2D eigenvalue weighted by Gasteiger charge is 2.25. The first kappa shape index (κ1) is 17.7. The summed E-state index contributed by atoms with van der Waals surface area (Å²) in [5.74, 6) is 5.62. The minimum Gasteiger partial charge on any atom is -0.320 e. The van der Waals surface area contributed by atoms with E-state index in [4.69, 9.17) is 5.73 Å². The molecular formula is C16H24N2O2S. The highest BCUT2D eigenvalue weighted by molar-refractivity contribution is 7.89. The summed E-state index contributed by atoms with van der Waals surface area (Å²) in [5, 5.41) is 0. The maximum atomic E-state index is 12.8. The molecule has 0 aliphatic rings. The van der Waals surface area contributed by atoms with Crippen LogP contribution < -0.4 is 5.73 Å². The molecule has 116 valence electrons. The molecule has 0 radical (unpaired) electrons. The van der Waals surface area contributed by atoms with Crippen molar-refractivity contribution in [1.29, 1.82) is 0 Å². The van der Waals surface area contributed by atoms with Crippen LogP contribution in [-0.4, -0.2) is 32.4 Å². The standard InChI is InChI=1S/C16H24N2O2S/c1-4-11-18(12-5-2)21(19,20)16-9-8-14(3)13-15(16)7-6-10-17/h8-9,13H,4-5,10-12,17H2,1-3H3. The third-order valence-electron chi connectivity index (χ3n) is 3.02. The largest absolute Gasteiger partial charge is 0.320 e. The summed E-state index contributed by atoms with van der Waals surface area (Å²) in [4.78, 5) is 0.274. The number of rotatable bonds is 6. The molecule has 4 nitrogen and oxygen atoms in total. The van der Waals surface area contributed by atoms with Crippen LogP contribution in [0, 0.1) is 18.8 Å². The molecule has 21 heavy (non-hydrogen) atoms. The number of aryl methyl sites for hydroxylation is 1. The summed E-state index contributed by atoms with van der Waals surface area (Å²) in [6.07, 6.45) is 1.57. The minimum atomic E-state index is -3.51. The summed E-state index contributed by atoms with van der Waals surface area (Å²) in [5.41, 5.74) is 6.90. The van der Waals surface area contributed by atoms with E-state index in [0.29, 0.717) is 18.7 Å². The van der Waals surface area contributed by atoms with Gasteiger partial charge in [0.05, 0.1) is 11.4 Å². The van der Waals surface area contributed by atoms with Crippen LogP contribution in [0.5, 0.6) is 0 Å². The Balaban J connectivity index is 3.35. The topological polar surface area (TPSA) is 63.4 Å². The molecule has 0 unspecified atom stereocenters. The van der Waals surface area contributed by atoms with E-state index in [1.807, 2.05) is 20.8 Å². The summed E-state index contributed by atoms with van der Waals surface area (Å²) in [6.45, 7) is 7.12. The van der Waals surface area contributed by atoms with Crippen molar-refractivity contribution < 1.29 is 8.42 Å². The highest BCUT2D eigenvalue weighted by atomic mass is 32.2. The lowest BCUT2D eigenvalue weighted by molar-refractivity contribution is 0.410. The van der Waals surface area contributed by atoms with Crippen LogP contribution in [0.1, 0.15) is 37.8 Å². The predicted molar refractivity (Wildman–Crippen MR) is 86.5 cm³/mol. The molecule has 1 aromatic carbocycles. The lowest BCUT2D eigenvalue weighted by Gasteiger charge is -2.21. The van der Waals surface area contributed by atoms with Crippen LogP contribution in [0.25, 0.3) is 0 Å². The van der Waals surface area contributed by atoms with Crippen molar-refractivity contribution in [3.05, 3.63) is 29.3 Å². The molecule has 0 bridgehead atoms. The number of sulfonamides is 1. The third kappa shape index (κ3) is 4.57. The summed E-state index contributed by atoms with van der Waals surface area (Å²) in [7, 11) is -3.51. The molecule has 0 aliphatic carbocycles.